The summed E-state index contributed by atoms with van der Waals surface area (Å²) in [5.74, 6) is 0. The fourth-order valence-corrected chi connectivity index (χ4v) is 0. The molecular weight excluding hydrogens is 996 g/mol. The van der Waals surface area contributed by atoms with Gasteiger partial charge in [0.15, 0.2) is 0 Å². The van der Waals surface area contributed by atoms with Gasteiger partial charge in [-0.15, -0.1) is 0 Å². The van der Waals surface area contributed by atoms with Crippen LogP contribution < -0.4 is 0 Å². The Morgan fingerprint density at radius 1 is 0.235 bits per heavy atom. The van der Waals surface area contributed by atoms with Crippen LogP contribution in [0, 0.1) is 0 Å². The number of hydrogen-bond acceptors (Lipinski definition) is 0. The first-order chi connectivity index (χ1) is 0. The molecule has 0 rings (SSSR count). The Morgan fingerprint density at radius 3 is 0.235 bits per heavy atom. The van der Waals surface area contributed by atoms with E-state index in [0.29, 0.717) is 0 Å². The second-order valence-electron chi connectivity index (χ2n) is 0. The molecule has 0 aliphatic carbocycles. The van der Waals surface area contributed by atoms with Crippen molar-refractivity contribution < 1.29 is 168 Å². The molecule has 0 aromatic heterocycles. The van der Waals surface area contributed by atoms with Crippen LogP contribution >= 0.6 is 0 Å². The van der Waals surface area contributed by atoms with Gasteiger partial charge in [-0.1, -0.05) is 0 Å². The van der Waals surface area contributed by atoms with Crippen molar-refractivity contribution in [1.29, 1.82) is 0 Å². The van der Waals surface area contributed by atoms with E-state index >= 15 is 0 Å². The smallest absolute Gasteiger partial charge is 2.00 e. The van der Waals surface area contributed by atoms with E-state index in [-0.39, 0.29) is 266 Å². The van der Waals surface area contributed by atoms with Crippen LogP contribution in [0.5, 0.6) is 0 Å². The van der Waals surface area contributed by atoms with Crippen molar-refractivity contribution in [3.05, 3.63) is 0 Å². The molecule has 0 amide bonds. The molecule has 0 spiro atoms. The summed E-state index contributed by atoms with van der Waals surface area (Å²) in [6.45, 7) is 0. The zero-order valence-electron chi connectivity index (χ0n) is 7.88. The van der Waals surface area contributed by atoms with E-state index in [1.165, 1.54) is 0 Å². The molecule has 0 N–H and O–H groups in total. The van der Waals surface area contributed by atoms with Gasteiger partial charge in [-0.25, -0.2) is 0 Å². The average Bonchev–Trinajstić information content (AvgIpc) is 0. The monoisotopic (exact) mass is 997 g/mol. The van der Waals surface area contributed by atoms with Crippen molar-refractivity contribution in [2.75, 3.05) is 0 Å². The Balaban J connectivity index is 0. The molecule has 0 unspecified atom stereocenters. The summed E-state index contributed by atoms with van der Waals surface area (Å²) in [4.78, 5) is 0. The molecule has 0 aliphatic rings. The molecule has 0 aromatic carbocycles. The van der Waals surface area contributed by atoms with E-state index in [9.17, 15) is 0 Å². The van der Waals surface area contributed by atoms with Crippen LogP contribution in [-0.4, -0.2) is 97.8 Å². The second-order valence-corrected chi connectivity index (χ2v) is 0. The van der Waals surface area contributed by atoms with Crippen molar-refractivity contribution >= 4 is 97.8 Å². The molecule has 0 aromatic rings. The van der Waals surface area contributed by atoms with Gasteiger partial charge in [-0.3, -0.25) is 0 Å². The third kappa shape index (κ3) is 232. The van der Waals surface area contributed by atoms with Gasteiger partial charge >= 0.3 is 163 Å². The van der Waals surface area contributed by atoms with E-state index in [0.717, 1.165) is 0 Å². The van der Waals surface area contributed by atoms with Crippen LogP contribution in [0.15, 0.2) is 0 Å². The maximum absolute atomic E-state index is 0. The summed E-state index contributed by atoms with van der Waals surface area (Å²) < 4.78 is 0. The molecular formula is Ba2O11W2Y2-12. The summed E-state index contributed by atoms with van der Waals surface area (Å²) in [5, 5.41) is 0. The predicted octanol–water partition coefficient (Wildman–Crippen LogP) is -2.08. The van der Waals surface area contributed by atoms with Gasteiger partial charge in [-0.2, -0.15) is 0 Å². The van der Waals surface area contributed by atoms with E-state index in [1.54, 1.807) is 0 Å². The zero-order chi connectivity index (χ0) is 0. The molecule has 17 heteroatoms. The first kappa shape index (κ1) is 293. The van der Waals surface area contributed by atoms with Gasteiger partial charge in [-0.05, 0) is 0 Å². The zero-order valence-corrected chi connectivity index (χ0v) is 28.3. The third-order valence-corrected chi connectivity index (χ3v) is 0. The minimum absolute atomic E-state index is 0. The summed E-state index contributed by atoms with van der Waals surface area (Å²) in [6, 6.07) is 0. The van der Waals surface area contributed by atoms with Crippen molar-refractivity contribution in [3.63, 3.8) is 0 Å². The molecule has 0 radical (unpaired) electrons. The normalized spacial score (nSPS) is 0. The fraction of sp³-hybridized carbons (Fsp3) is 0. The summed E-state index contributed by atoms with van der Waals surface area (Å²) >= 11 is 0. The molecule has 0 saturated carbocycles. The van der Waals surface area contributed by atoms with Gasteiger partial charge in [0, 0.05) is 42.1 Å². The van der Waals surface area contributed by atoms with Gasteiger partial charge in [0.25, 0.3) is 0 Å². The van der Waals surface area contributed by atoms with Gasteiger partial charge in [0.2, 0.25) is 0 Å². The van der Waals surface area contributed by atoms with Gasteiger partial charge in [0.1, 0.15) is 0 Å². The Hall–Kier alpha value is 6.29. The van der Waals surface area contributed by atoms with Crippen molar-refractivity contribution in [1.82, 2.24) is 0 Å². The minimum atomic E-state index is 0. The maximum Gasteiger partial charge on any atom is 3.00 e. The number of hydrogen-bond donors (Lipinski definition) is 0. The minimum Gasteiger partial charge on any atom is -2.00 e. The van der Waals surface area contributed by atoms with Crippen molar-refractivity contribution in [2.45, 2.75) is 0 Å². The summed E-state index contributed by atoms with van der Waals surface area (Å²) in [7, 11) is 0. The standard InChI is InChI=1S/2Ba.11O.2W.2Y/q2*+2;11*-2;;;2*+3. The van der Waals surface area contributed by atoms with Crippen LogP contribution in [0.1, 0.15) is 0 Å². The fourth-order valence-electron chi connectivity index (χ4n) is 0. The third-order valence-electron chi connectivity index (χ3n) is 0. The number of rotatable bonds is 0. The largest absolute Gasteiger partial charge is 3.00 e. The molecule has 0 saturated heterocycles. The molecule has 0 fully saturated rings. The topological polar surface area (TPSA) is 314 Å². The van der Waals surface area contributed by atoms with Crippen molar-refractivity contribution in [2.24, 2.45) is 0 Å². The van der Waals surface area contributed by atoms with Crippen LogP contribution in [0.2, 0.25) is 0 Å². The summed E-state index contributed by atoms with van der Waals surface area (Å²) in [5.41, 5.74) is 0. The van der Waals surface area contributed by atoms with Gasteiger partial charge < -0.3 is 60.2 Å². The molecule has 0 atom stereocenters. The van der Waals surface area contributed by atoms with Gasteiger partial charge in [0.05, 0.1) is 0 Å². The average molecular weight is 996 g/mol. The maximum atomic E-state index is 0. The van der Waals surface area contributed by atoms with Crippen LogP contribution in [0.25, 0.3) is 0 Å². The van der Waals surface area contributed by atoms with E-state index < -0.39 is 0 Å². The Labute approximate surface area is 258 Å². The first-order valence-corrected chi connectivity index (χ1v) is 0. The molecule has 0 aliphatic heterocycles. The van der Waals surface area contributed by atoms with Crippen LogP contribution in [0.3, 0.4) is 0 Å². The van der Waals surface area contributed by atoms with Crippen molar-refractivity contribution in [3.8, 4) is 0 Å². The van der Waals surface area contributed by atoms with Crippen LogP contribution in [0.4, 0.5) is 0 Å². The van der Waals surface area contributed by atoms with E-state index in [1.807, 2.05) is 0 Å². The van der Waals surface area contributed by atoms with E-state index in [4.69, 9.17) is 0 Å². The molecule has 100 valence electrons. The van der Waals surface area contributed by atoms with E-state index in [2.05, 4.69) is 0 Å². The Morgan fingerprint density at radius 2 is 0.235 bits per heavy atom. The quantitative estimate of drug-likeness (QED) is 0.236. The SMILES string of the molecule is [Ba+2].[Ba+2].[O-2].[O-2].[O-2].[O-2].[O-2].[O-2].[O-2].[O-2].[O-2].[O-2].[O-2].[W].[W].[Y+3].[Y+3]. The molecule has 0 bridgehead atoms. The Kier molecular flexibility index (Phi) is 4400. The second kappa shape index (κ2) is 255. The molecule has 17 heavy (non-hydrogen) atoms. The van der Waals surface area contributed by atoms with Crippen LogP contribution in [-0.2, 0) is 168 Å². The summed E-state index contributed by atoms with van der Waals surface area (Å²) in [6.07, 6.45) is 0. The first-order valence-electron chi connectivity index (χ1n) is 0. The molecule has 11 nitrogen and oxygen atoms in total. The Bertz CT molecular complexity index is 25.4. The predicted molar refractivity (Wildman–Crippen MR) is 19.1 cm³/mol. The molecule has 0 heterocycles.